The fourth-order valence-electron chi connectivity index (χ4n) is 7.23. The van der Waals surface area contributed by atoms with Crippen LogP contribution >= 0.6 is 0 Å². The molecule has 14 nitrogen and oxygen atoms in total. The van der Waals surface area contributed by atoms with Crippen molar-refractivity contribution in [2.45, 2.75) is 111 Å². The minimum Gasteiger partial charge on any atom is -0.481 e. The standard InChI is InChI=1S/C42H60N6O8/c1-25(2)31(23-26(3)38(54)44-29(18-21-35(52)53)32(49)17-14-22-48-33(50)19-20-34(48)51)47(11)40(56)37(41(4,5)6)45-39(55)36(43-9)42(7,8)28-24-46(10)30-16-13-12-15-27(28)30/h12-13,15-16,19-20,23-25,29,31,36-37,43H,14,17-18,21-22H2,1-11H3,(H,44,54)(H,45,55)(H,52,53)/b26-23+/t29-,31-,36-,37-/m1/s1. The number of fused-ring (bicyclic) bond motifs is 1. The molecule has 0 spiro atoms. The van der Waals surface area contributed by atoms with Gasteiger partial charge in [-0.15, -0.1) is 0 Å². The first-order valence-corrected chi connectivity index (χ1v) is 19.1. The number of imide groups is 1. The first-order chi connectivity index (χ1) is 26.0. The van der Waals surface area contributed by atoms with Crippen LogP contribution in [-0.2, 0) is 46.0 Å². The number of carboxylic acids is 1. The van der Waals surface area contributed by atoms with E-state index in [4.69, 9.17) is 0 Å². The van der Waals surface area contributed by atoms with Crippen molar-refractivity contribution in [3.05, 3.63) is 59.8 Å². The average molecular weight is 777 g/mol. The molecule has 0 saturated carbocycles. The molecular weight excluding hydrogens is 716 g/mol. The van der Waals surface area contributed by atoms with Crippen LogP contribution in [0.5, 0.6) is 0 Å². The summed E-state index contributed by atoms with van der Waals surface area (Å²) >= 11 is 0. The molecule has 5 amide bonds. The van der Waals surface area contributed by atoms with Crippen LogP contribution < -0.4 is 16.0 Å². The van der Waals surface area contributed by atoms with Crippen LogP contribution in [0, 0.1) is 11.3 Å². The van der Waals surface area contributed by atoms with Gasteiger partial charge in [0, 0.05) is 73.7 Å². The summed E-state index contributed by atoms with van der Waals surface area (Å²) in [7, 11) is 5.31. The lowest BCUT2D eigenvalue weighted by molar-refractivity contribution is -0.141. The molecule has 0 unspecified atom stereocenters. The Morgan fingerprint density at radius 2 is 1.54 bits per heavy atom. The number of nitrogens with zero attached hydrogens (tertiary/aromatic N) is 3. The zero-order valence-corrected chi connectivity index (χ0v) is 34.7. The van der Waals surface area contributed by atoms with Crippen LogP contribution in [0.4, 0.5) is 0 Å². The van der Waals surface area contributed by atoms with Crippen molar-refractivity contribution in [1.29, 1.82) is 0 Å². The second-order valence-electron chi connectivity index (χ2n) is 16.6. The maximum absolute atomic E-state index is 14.4. The molecule has 1 aliphatic heterocycles. The average Bonchev–Trinajstić information content (AvgIpc) is 3.63. The van der Waals surface area contributed by atoms with Gasteiger partial charge < -0.3 is 30.5 Å². The number of para-hydroxylation sites is 1. The molecule has 14 heteroatoms. The summed E-state index contributed by atoms with van der Waals surface area (Å²) in [5, 5.41) is 19.3. The number of aryl methyl sites for hydroxylation is 1. The maximum Gasteiger partial charge on any atom is 0.303 e. The first-order valence-electron chi connectivity index (χ1n) is 19.1. The van der Waals surface area contributed by atoms with Crippen molar-refractivity contribution < 1.29 is 38.7 Å². The normalized spacial score (nSPS) is 15.9. The molecule has 0 bridgehead atoms. The van der Waals surface area contributed by atoms with Gasteiger partial charge >= 0.3 is 5.97 Å². The summed E-state index contributed by atoms with van der Waals surface area (Å²) in [6.45, 7) is 15.0. The maximum atomic E-state index is 14.4. The number of amides is 5. The van der Waals surface area contributed by atoms with Crippen molar-refractivity contribution in [2.75, 3.05) is 20.6 Å². The Labute approximate surface area is 330 Å². The fourth-order valence-corrected chi connectivity index (χ4v) is 7.23. The molecule has 0 radical (unpaired) electrons. The third-order valence-electron chi connectivity index (χ3n) is 10.6. The molecule has 4 atom stereocenters. The highest BCUT2D eigenvalue weighted by Crippen LogP contribution is 2.35. The fraction of sp³-hybridized carbons (Fsp3) is 0.548. The SMILES string of the molecule is CN[C@H](C(=O)N[C@H](C(=O)N(C)[C@H](/C=C(\C)C(=O)N[C@H](CCC(=O)O)C(=O)CCCN1C(=O)C=CC1=O)C(C)C)C(C)(C)C)C(C)(C)c1cn(C)c2ccccc12. The van der Waals surface area contributed by atoms with E-state index in [2.05, 4.69) is 16.0 Å². The third kappa shape index (κ3) is 10.8. The van der Waals surface area contributed by atoms with Crippen LogP contribution in [0.1, 0.15) is 86.6 Å². The van der Waals surface area contributed by atoms with Gasteiger partial charge in [-0.25, -0.2) is 0 Å². The number of aliphatic carboxylic acids is 1. The number of benzene rings is 1. The second kappa shape index (κ2) is 18.7. The smallest absolute Gasteiger partial charge is 0.303 e. The number of aromatic nitrogens is 1. The van der Waals surface area contributed by atoms with E-state index in [0.29, 0.717) is 0 Å². The van der Waals surface area contributed by atoms with E-state index in [0.717, 1.165) is 33.5 Å². The molecule has 2 aromatic rings. The van der Waals surface area contributed by atoms with Crippen LogP contribution in [0.15, 0.2) is 54.3 Å². The van der Waals surface area contributed by atoms with Crippen molar-refractivity contribution in [1.82, 2.24) is 30.3 Å². The molecule has 3 rings (SSSR count). The predicted molar refractivity (Wildman–Crippen MR) is 214 cm³/mol. The van der Waals surface area contributed by atoms with Crippen LogP contribution in [-0.4, -0.2) is 106 Å². The number of hydrogen-bond acceptors (Lipinski definition) is 8. The lowest BCUT2D eigenvalue weighted by Gasteiger charge is -2.39. The van der Waals surface area contributed by atoms with Crippen molar-refractivity contribution in [3.63, 3.8) is 0 Å². The minimum atomic E-state index is -1.14. The molecular formula is C42H60N6O8. The van der Waals surface area contributed by atoms with Gasteiger partial charge in [-0.1, -0.05) is 72.7 Å². The van der Waals surface area contributed by atoms with Gasteiger partial charge in [-0.3, -0.25) is 38.5 Å². The minimum absolute atomic E-state index is 0.0129. The lowest BCUT2D eigenvalue weighted by Crippen LogP contribution is -2.61. The Hall–Kier alpha value is -5.11. The molecule has 2 heterocycles. The van der Waals surface area contributed by atoms with E-state index in [9.17, 15) is 38.7 Å². The largest absolute Gasteiger partial charge is 0.481 e. The van der Waals surface area contributed by atoms with Crippen LogP contribution in [0.25, 0.3) is 10.9 Å². The monoisotopic (exact) mass is 776 g/mol. The van der Waals surface area contributed by atoms with E-state index < -0.39 is 64.5 Å². The van der Waals surface area contributed by atoms with Gasteiger partial charge in [-0.2, -0.15) is 0 Å². The number of hydrogen-bond donors (Lipinski definition) is 4. The Bertz CT molecular complexity index is 1870. The Kier molecular flexibility index (Phi) is 15.1. The van der Waals surface area contributed by atoms with Crippen LogP contribution in [0.3, 0.4) is 0 Å². The van der Waals surface area contributed by atoms with Gasteiger partial charge in [0.2, 0.25) is 17.7 Å². The third-order valence-corrected chi connectivity index (χ3v) is 10.6. The van der Waals surface area contributed by atoms with Crippen molar-refractivity contribution in [2.24, 2.45) is 18.4 Å². The summed E-state index contributed by atoms with van der Waals surface area (Å²) < 4.78 is 2.03. The van der Waals surface area contributed by atoms with E-state index in [1.54, 1.807) is 27.1 Å². The molecule has 0 fully saturated rings. The summed E-state index contributed by atoms with van der Waals surface area (Å²) in [6, 6.07) is 4.63. The first kappa shape index (κ1) is 45.3. The number of rotatable bonds is 19. The Morgan fingerprint density at radius 3 is 2.09 bits per heavy atom. The Balaban J connectivity index is 1.80. The number of carbonyl (C=O) groups excluding carboxylic acids is 6. The van der Waals surface area contributed by atoms with E-state index in [1.165, 1.54) is 4.90 Å². The number of carbonyl (C=O) groups is 7. The number of carboxylic acid groups (broad SMARTS) is 1. The molecule has 56 heavy (non-hydrogen) atoms. The van der Waals surface area contributed by atoms with Crippen molar-refractivity contribution in [3.8, 4) is 0 Å². The van der Waals surface area contributed by atoms with E-state index in [1.807, 2.05) is 90.5 Å². The van der Waals surface area contributed by atoms with Crippen LogP contribution in [0.2, 0.25) is 0 Å². The van der Waals surface area contributed by atoms with Crippen molar-refractivity contribution >= 4 is 52.2 Å². The second-order valence-corrected chi connectivity index (χ2v) is 16.6. The zero-order valence-electron chi connectivity index (χ0n) is 34.7. The summed E-state index contributed by atoms with van der Waals surface area (Å²) in [5.41, 5.74) is 0.846. The number of Topliss-reactive ketones (excluding diaryl/α,β-unsaturated/α-hetero) is 1. The highest BCUT2D eigenvalue weighted by Gasteiger charge is 2.42. The Morgan fingerprint density at radius 1 is 0.929 bits per heavy atom. The molecule has 1 aliphatic rings. The number of ketones is 1. The molecule has 0 aliphatic carbocycles. The highest BCUT2D eigenvalue weighted by molar-refractivity contribution is 6.12. The molecule has 306 valence electrons. The van der Waals surface area contributed by atoms with Gasteiger partial charge in [-0.05, 0) is 49.8 Å². The molecule has 1 aromatic carbocycles. The van der Waals surface area contributed by atoms with Gasteiger partial charge in [0.1, 0.15) is 6.04 Å². The lowest BCUT2D eigenvalue weighted by atomic mass is 9.76. The summed E-state index contributed by atoms with van der Waals surface area (Å²) in [4.78, 5) is 92.9. The van der Waals surface area contributed by atoms with E-state index >= 15 is 0 Å². The molecule has 0 saturated heterocycles. The number of likely N-dealkylation sites (N-methyl/N-ethyl adjacent to an activating group) is 2. The quantitative estimate of drug-likeness (QED) is 0.122. The zero-order chi connectivity index (χ0) is 42.3. The predicted octanol–water partition coefficient (Wildman–Crippen LogP) is 3.63. The number of nitrogens with one attached hydrogen (secondary N) is 3. The molecule has 4 N–H and O–H groups in total. The molecule has 1 aromatic heterocycles. The summed E-state index contributed by atoms with van der Waals surface area (Å²) in [5.74, 6) is -3.99. The summed E-state index contributed by atoms with van der Waals surface area (Å²) in [6.07, 6.45) is 5.50. The van der Waals surface area contributed by atoms with Gasteiger partial charge in [0.25, 0.3) is 11.8 Å². The highest BCUT2D eigenvalue weighted by atomic mass is 16.4. The van der Waals surface area contributed by atoms with Gasteiger partial charge in [0.15, 0.2) is 5.78 Å². The topological polar surface area (TPSA) is 187 Å². The van der Waals surface area contributed by atoms with Gasteiger partial charge in [0.05, 0.1) is 18.1 Å². The van der Waals surface area contributed by atoms with E-state index in [-0.39, 0.29) is 55.5 Å².